The Hall–Kier alpha value is -1.82. The van der Waals surface area contributed by atoms with E-state index in [9.17, 15) is 18.0 Å². The molecule has 1 atom stereocenters. The molecule has 23 heavy (non-hydrogen) atoms. The second kappa shape index (κ2) is 7.17. The average Bonchev–Trinajstić information content (AvgIpc) is 2.53. The summed E-state index contributed by atoms with van der Waals surface area (Å²) >= 11 is 3.32. The van der Waals surface area contributed by atoms with Crippen LogP contribution in [0.25, 0.3) is 0 Å². The topological polar surface area (TPSA) is 29.1 Å². The van der Waals surface area contributed by atoms with Crippen LogP contribution >= 0.6 is 15.9 Å². The molecule has 0 radical (unpaired) electrons. The summed E-state index contributed by atoms with van der Waals surface area (Å²) in [7, 11) is 0. The minimum atomic E-state index is -4.46. The van der Waals surface area contributed by atoms with Crippen molar-refractivity contribution < 1.29 is 18.0 Å². The number of Topliss-reactive ketones (excluding diaryl/α,β-unsaturated/α-hetero) is 1. The first-order valence-electron chi connectivity index (χ1n) is 7.05. The van der Waals surface area contributed by atoms with Crippen LogP contribution in [0.1, 0.15) is 29.3 Å². The van der Waals surface area contributed by atoms with Gasteiger partial charge < -0.3 is 5.32 Å². The molecular formula is C17H15BrF3NO. The van der Waals surface area contributed by atoms with Crippen molar-refractivity contribution in [2.24, 2.45) is 0 Å². The van der Waals surface area contributed by atoms with E-state index in [1.807, 2.05) is 19.1 Å². The van der Waals surface area contributed by atoms with Gasteiger partial charge in [-0.1, -0.05) is 35.0 Å². The number of benzene rings is 2. The fraction of sp³-hybridized carbons (Fsp3) is 0.235. The highest BCUT2D eigenvalue weighted by Crippen LogP contribution is 2.30. The largest absolute Gasteiger partial charge is 0.416 e. The number of anilines is 1. The van der Waals surface area contributed by atoms with E-state index in [-0.39, 0.29) is 11.3 Å². The van der Waals surface area contributed by atoms with Gasteiger partial charge in [0.25, 0.3) is 0 Å². The molecule has 0 saturated carbocycles. The predicted molar refractivity (Wildman–Crippen MR) is 87.6 cm³/mol. The third-order valence-electron chi connectivity index (χ3n) is 3.38. The number of hydrogen-bond donors (Lipinski definition) is 1. The number of halogens is 4. The molecule has 0 fully saturated rings. The monoisotopic (exact) mass is 385 g/mol. The van der Waals surface area contributed by atoms with Gasteiger partial charge in [0, 0.05) is 15.7 Å². The number of ketones is 1. The van der Waals surface area contributed by atoms with Crippen LogP contribution in [0, 0.1) is 0 Å². The third kappa shape index (κ3) is 4.58. The van der Waals surface area contributed by atoms with E-state index in [0.717, 1.165) is 22.3 Å². The molecule has 0 aliphatic heterocycles. The Morgan fingerprint density at radius 3 is 2.39 bits per heavy atom. The van der Waals surface area contributed by atoms with Gasteiger partial charge in [0.1, 0.15) is 0 Å². The lowest BCUT2D eigenvalue weighted by molar-refractivity contribution is -0.137. The molecule has 1 N–H and O–H groups in total. The third-order valence-corrected chi connectivity index (χ3v) is 3.91. The first-order valence-corrected chi connectivity index (χ1v) is 7.84. The molecule has 1 unspecified atom stereocenters. The maximum atomic E-state index is 12.8. The SMILES string of the molecule is CCC(Nc1ccc(Br)cc1)C(=O)c1cccc(C(F)(F)F)c1. The Bertz CT molecular complexity index is 683. The lowest BCUT2D eigenvalue weighted by Gasteiger charge is -2.18. The first kappa shape index (κ1) is 17.5. The van der Waals surface area contributed by atoms with Crippen molar-refractivity contribution in [3.05, 3.63) is 64.1 Å². The summed E-state index contributed by atoms with van der Waals surface area (Å²) in [5.74, 6) is -0.360. The van der Waals surface area contributed by atoms with Crippen LogP contribution in [0.15, 0.2) is 53.0 Å². The van der Waals surface area contributed by atoms with E-state index < -0.39 is 17.8 Å². The van der Waals surface area contributed by atoms with Crippen LogP contribution in [0.4, 0.5) is 18.9 Å². The highest BCUT2D eigenvalue weighted by molar-refractivity contribution is 9.10. The number of nitrogens with one attached hydrogen (secondary N) is 1. The normalized spacial score (nSPS) is 12.7. The molecule has 0 spiro atoms. The zero-order valence-corrected chi connectivity index (χ0v) is 13.9. The minimum absolute atomic E-state index is 0.0521. The summed E-state index contributed by atoms with van der Waals surface area (Å²) < 4.78 is 39.2. The van der Waals surface area contributed by atoms with Crippen molar-refractivity contribution in [1.82, 2.24) is 0 Å². The van der Waals surface area contributed by atoms with E-state index in [0.29, 0.717) is 6.42 Å². The van der Waals surface area contributed by atoms with Gasteiger partial charge in [0.15, 0.2) is 5.78 Å². The van der Waals surface area contributed by atoms with E-state index in [1.54, 1.807) is 12.1 Å². The molecule has 0 saturated heterocycles. The van der Waals surface area contributed by atoms with Crippen LogP contribution in [-0.4, -0.2) is 11.8 Å². The van der Waals surface area contributed by atoms with Crippen LogP contribution < -0.4 is 5.32 Å². The fourth-order valence-electron chi connectivity index (χ4n) is 2.15. The van der Waals surface area contributed by atoms with E-state index in [2.05, 4.69) is 21.2 Å². The number of carbonyl (C=O) groups is 1. The molecule has 0 bridgehead atoms. The van der Waals surface area contributed by atoms with E-state index in [1.165, 1.54) is 12.1 Å². The molecule has 6 heteroatoms. The first-order chi connectivity index (χ1) is 10.8. The second-order valence-corrected chi connectivity index (χ2v) is 5.97. The van der Waals surface area contributed by atoms with Gasteiger partial charge in [0.05, 0.1) is 11.6 Å². The number of hydrogen-bond acceptors (Lipinski definition) is 2. The summed E-state index contributed by atoms with van der Waals surface area (Å²) in [5, 5.41) is 3.06. The molecule has 2 aromatic rings. The molecule has 0 aliphatic carbocycles. The molecule has 0 heterocycles. The molecule has 2 nitrogen and oxygen atoms in total. The summed E-state index contributed by atoms with van der Waals surface area (Å²) in [6.07, 6.45) is -4.00. The Morgan fingerprint density at radius 1 is 1.17 bits per heavy atom. The predicted octanol–water partition coefficient (Wildman–Crippen LogP) is 5.54. The standard InChI is InChI=1S/C17H15BrF3NO/c1-2-15(22-14-8-6-13(18)7-9-14)16(23)11-4-3-5-12(10-11)17(19,20)21/h3-10,15,22H,2H2,1H3. The number of carbonyl (C=O) groups excluding carboxylic acids is 1. The van der Waals surface area contributed by atoms with Crippen molar-refractivity contribution in [3.8, 4) is 0 Å². The maximum Gasteiger partial charge on any atom is 0.416 e. The fourth-order valence-corrected chi connectivity index (χ4v) is 2.41. The van der Waals surface area contributed by atoms with Gasteiger partial charge in [-0.25, -0.2) is 0 Å². The Morgan fingerprint density at radius 2 is 1.83 bits per heavy atom. The Kier molecular flexibility index (Phi) is 5.46. The van der Waals surface area contributed by atoms with Crippen molar-refractivity contribution in [1.29, 1.82) is 0 Å². The summed E-state index contributed by atoms with van der Waals surface area (Å²) in [6.45, 7) is 1.81. The second-order valence-electron chi connectivity index (χ2n) is 5.05. The highest BCUT2D eigenvalue weighted by Gasteiger charge is 2.31. The lowest BCUT2D eigenvalue weighted by Crippen LogP contribution is -2.29. The zero-order valence-electron chi connectivity index (χ0n) is 12.3. The zero-order chi connectivity index (χ0) is 17.0. The van der Waals surface area contributed by atoms with Crippen molar-refractivity contribution in [2.75, 3.05) is 5.32 Å². The lowest BCUT2D eigenvalue weighted by atomic mass is 10.00. The van der Waals surface area contributed by atoms with Crippen LogP contribution in [-0.2, 0) is 6.18 Å². The molecule has 0 amide bonds. The summed E-state index contributed by atoms with van der Waals surface area (Å²) in [6, 6.07) is 11.2. The molecule has 0 aliphatic rings. The van der Waals surface area contributed by atoms with E-state index >= 15 is 0 Å². The minimum Gasteiger partial charge on any atom is -0.375 e. The summed E-state index contributed by atoms with van der Waals surface area (Å²) in [4.78, 5) is 12.5. The smallest absolute Gasteiger partial charge is 0.375 e. The molecule has 122 valence electrons. The average molecular weight is 386 g/mol. The Labute approximate surface area is 140 Å². The molecule has 2 rings (SSSR count). The maximum absolute atomic E-state index is 12.8. The van der Waals surface area contributed by atoms with Crippen LogP contribution in [0.5, 0.6) is 0 Å². The van der Waals surface area contributed by atoms with Gasteiger partial charge in [-0.05, 0) is 42.8 Å². The molecular weight excluding hydrogens is 371 g/mol. The van der Waals surface area contributed by atoms with Gasteiger partial charge in [-0.15, -0.1) is 0 Å². The molecule has 2 aromatic carbocycles. The van der Waals surface area contributed by atoms with Gasteiger partial charge in [-0.3, -0.25) is 4.79 Å². The van der Waals surface area contributed by atoms with Gasteiger partial charge in [0.2, 0.25) is 0 Å². The highest BCUT2D eigenvalue weighted by atomic mass is 79.9. The van der Waals surface area contributed by atoms with Crippen LogP contribution in [0.2, 0.25) is 0 Å². The number of alkyl halides is 3. The van der Waals surface area contributed by atoms with Gasteiger partial charge >= 0.3 is 6.18 Å². The van der Waals surface area contributed by atoms with Crippen molar-refractivity contribution in [3.63, 3.8) is 0 Å². The quantitative estimate of drug-likeness (QED) is 0.684. The van der Waals surface area contributed by atoms with Crippen molar-refractivity contribution >= 4 is 27.4 Å². The van der Waals surface area contributed by atoms with Gasteiger partial charge in [-0.2, -0.15) is 13.2 Å². The number of rotatable bonds is 5. The summed E-state index contributed by atoms with van der Waals surface area (Å²) in [5.41, 5.74) is -0.0292. The molecule has 0 aromatic heterocycles. The van der Waals surface area contributed by atoms with Crippen LogP contribution in [0.3, 0.4) is 0 Å². The van der Waals surface area contributed by atoms with E-state index in [4.69, 9.17) is 0 Å². The van der Waals surface area contributed by atoms with Crippen molar-refractivity contribution in [2.45, 2.75) is 25.6 Å². The Balaban J connectivity index is 2.21.